The van der Waals surface area contributed by atoms with E-state index < -0.39 is 5.97 Å². The molecule has 0 aliphatic heterocycles. The Morgan fingerprint density at radius 2 is 2.15 bits per heavy atom. The lowest BCUT2D eigenvalue weighted by atomic mass is 10.2. The van der Waals surface area contributed by atoms with Crippen molar-refractivity contribution in [3.05, 3.63) is 0 Å². The van der Waals surface area contributed by atoms with E-state index in [9.17, 15) is 4.79 Å². The third-order valence-corrected chi connectivity index (χ3v) is 1.87. The van der Waals surface area contributed by atoms with Gasteiger partial charge < -0.3 is 15.5 Å². The number of hydrogen-bond acceptors (Lipinski definition) is 3. The fourth-order valence-electron chi connectivity index (χ4n) is 1.03. The lowest BCUT2D eigenvalue weighted by Crippen LogP contribution is -2.27. The van der Waals surface area contributed by atoms with Crippen molar-refractivity contribution in [2.45, 2.75) is 38.6 Å². The first-order chi connectivity index (χ1) is 6.16. The first-order valence-electron chi connectivity index (χ1n) is 4.73. The molecule has 0 rings (SSSR count). The zero-order valence-corrected chi connectivity index (χ0v) is 8.12. The van der Waals surface area contributed by atoms with Crippen LogP contribution in [0.2, 0.25) is 0 Å². The third-order valence-electron chi connectivity index (χ3n) is 1.87. The van der Waals surface area contributed by atoms with Gasteiger partial charge in [0, 0.05) is 19.1 Å². The standard InChI is InChI=1S/C9H19NO3/c1-8(4-5-9(12)13)10-6-2-3-7-11/h8,10-11H,2-7H2,1H3,(H,12,13). The van der Waals surface area contributed by atoms with Crippen molar-refractivity contribution in [3.63, 3.8) is 0 Å². The fraction of sp³-hybridized carbons (Fsp3) is 0.889. The lowest BCUT2D eigenvalue weighted by molar-refractivity contribution is -0.137. The Hall–Kier alpha value is -0.610. The number of carbonyl (C=O) groups is 1. The molecule has 0 fully saturated rings. The van der Waals surface area contributed by atoms with Gasteiger partial charge in [-0.15, -0.1) is 0 Å². The smallest absolute Gasteiger partial charge is 0.303 e. The number of rotatable bonds is 8. The summed E-state index contributed by atoms with van der Waals surface area (Å²) in [6.45, 7) is 3.05. The van der Waals surface area contributed by atoms with Crippen LogP contribution >= 0.6 is 0 Å². The molecule has 0 saturated heterocycles. The van der Waals surface area contributed by atoms with E-state index in [2.05, 4.69) is 5.32 Å². The van der Waals surface area contributed by atoms with Crippen molar-refractivity contribution in [1.82, 2.24) is 5.32 Å². The van der Waals surface area contributed by atoms with Crippen LogP contribution in [0.25, 0.3) is 0 Å². The Balaban J connectivity index is 3.19. The van der Waals surface area contributed by atoms with E-state index in [4.69, 9.17) is 10.2 Å². The second-order valence-corrected chi connectivity index (χ2v) is 3.22. The van der Waals surface area contributed by atoms with Gasteiger partial charge in [0.05, 0.1) is 0 Å². The Kier molecular flexibility index (Phi) is 7.63. The predicted molar refractivity (Wildman–Crippen MR) is 50.7 cm³/mol. The van der Waals surface area contributed by atoms with Crippen molar-refractivity contribution in [3.8, 4) is 0 Å². The van der Waals surface area contributed by atoms with E-state index in [1.165, 1.54) is 0 Å². The molecule has 0 heterocycles. The molecule has 4 heteroatoms. The van der Waals surface area contributed by atoms with Gasteiger partial charge in [0.1, 0.15) is 0 Å². The topological polar surface area (TPSA) is 69.6 Å². The molecule has 1 unspecified atom stereocenters. The summed E-state index contributed by atoms with van der Waals surface area (Å²) in [5.74, 6) is -0.746. The van der Waals surface area contributed by atoms with Crippen LogP contribution in [-0.4, -0.2) is 35.4 Å². The molecule has 13 heavy (non-hydrogen) atoms. The number of aliphatic hydroxyl groups is 1. The number of hydrogen-bond donors (Lipinski definition) is 3. The molecule has 0 bridgehead atoms. The third kappa shape index (κ3) is 9.30. The minimum atomic E-state index is -0.746. The molecule has 78 valence electrons. The van der Waals surface area contributed by atoms with Gasteiger partial charge in [-0.3, -0.25) is 4.79 Å². The lowest BCUT2D eigenvalue weighted by Gasteiger charge is -2.11. The average Bonchev–Trinajstić information content (AvgIpc) is 2.09. The van der Waals surface area contributed by atoms with E-state index in [0.29, 0.717) is 6.42 Å². The molecule has 0 aromatic rings. The molecule has 0 radical (unpaired) electrons. The zero-order chi connectivity index (χ0) is 10.1. The quantitative estimate of drug-likeness (QED) is 0.489. The SMILES string of the molecule is CC(CCC(=O)O)NCCCCO. The van der Waals surface area contributed by atoms with Gasteiger partial charge >= 0.3 is 5.97 Å². The summed E-state index contributed by atoms with van der Waals surface area (Å²) in [7, 11) is 0. The minimum absolute atomic E-state index is 0.216. The van der Waals surface area contributed by atoms with Crippen LogP contribution < -0.4 is 5.32 Å². The van der Waals surface area contributed by atoms with Crippen LogP contribution in [-0.2, 0) is 4.79 Å². The number of carboxylic acids is 1. The summed E-state index contributed by atoms with van der Waals surface area (Å²) in [5, 5.41) is 20.1. The van der Waals surface area contributed by atoms with E-state index in [-0.39, 0.29) is 19.1 Å². The normalized spacial score (nSPS) is 12.8. The molecule has 0 aromatic carbocycles. The van der Waals surface area contributed by atoms with Gasteiger partial charge in [0.15, 0.2) is 0 Å². The number of nitrogens with one attached hydrogen (secondary N) is 1. The Labute approximate surface area is 79.0 Å². The van der Waals surface area contributed by atoms with Gasteiger partial charge in [-0.25, -0.2) is 0 Å². The molecule has 0 saturated carbocycles. The highest BCUT2D eigenvalue weighted by Crippen LogP contribution is 1.96. The summed E-state index contributed by atoms with van der Waals surface area (Å²) in [5.41, 5.74) is 0. The molecule has 0 aliphatic rings. The molecule has 0 amide bonds. The molecule has 3 N–H and O–H groups in total. The molecular weight excluding hydrogens is 170 g/mol. The highest BCUT2D eigenvalue weighted by molar-refractivity contribution is 5.66. The van der Waals surface area contributed by atoms with Gasteiger partial charge in [-0.2, -0.15) is 0 Å². The van der Waals surface area contributed by atoms with Gasteiger partial charge in [0.2, 0.25) is 0 Å². The van der Waals surface area contributed by atoms with E-state index >= 15 is 0 Å². The summed E-state index contributed by atoms with van der Waals surface area (Å²) in [6.07, 6.45) is 2.62. The van der Waals surface area contributed by atoms with Crippen LogP contribution in [0.1, 0.15) is 32.6 Å². The second-order valence-electron chi connectivity index (χ2n) is 3.22. The van der Waals surface area contributed by atoms with Crippen LogP contribution in [0.5, 0.6) is 0 Å². The zero-order valence-electron chi connectivity index (χ0n) is 8.12. The fourth-order valence-corrected chi connectivity index (χ4v) is 1.03. The number of aliphatic hydroxyl groups excluding tert-OH is 1. The number of unbranched alkanes of at least 4 members (excludes halogenated alkanes) is 1. The number of aliphatic carboxylic acids is 1. The molecule has 0 aliphatic carbocycles. The first kappa shape index (κ1) is 12.4. The first-order valence-corrected chi connectivity index (χ1v) is 4.73. The van der Waals surface area contributed by atoms with Crippen LogP contribution in [0, 0.1) is 0 Å². The molecule has 0 aromatic heterocycles. The van der Waals surface area contributed by atoms with E-state index in [1.807, 2.05) is 6.92 Å². The van der Waals surface area contributed by atoms with Crippen molar-refractivity contribution < 1.29 is 15.0 Å². The molecule has 0 spiro atoms. The molecule has 1 atom stereocenters. The van der Waals surface area contributed by atoms with Gasteiger partial charge in [-0.05, 0) is 32.7 Å². The van der Waals surface area contributed by atoms with E-state index in [1.54, 1.807) is 0 Å². The Morgan fingerprint density at radius 1 is 1.46 bits per heavy atom. The Morgan fingerprint density at radius 3 is 2.69 bits per heavy atom. The summed E-state index contributed by atoms with van der Waals surface area (Å²) >= 11 is 0. The maximum atomic E-state index is 10.2. The van der Waals surface area contributed by atoms with Crippen molar-refractivity contribution in [1.29, 1.82) is 0 Å². The molecule has 4 nitrogen and oxygen atoms in total. The second kappa shape index (κ2) is 8.01. The highest BCUT2D eigenvalue weighted by atomic mass is 16.4. The van der Waals surface area contributed by atoms with Gasteiger partial charge in [0.25, 0.3) is 0 Å². The van der Waals surface area contributed by atoms with Crippen LogP contribution in [0.3, 0.4) is 0 Å². The van der Waals surface area contributed by atoms with Crippen molar-refractivity contribution in [2.75, 3.05) is 13.2 Å². The highest BCUT2D eigenvalue weighted by Gasteiger charge is 2.03. The maximum absolute atomic E-state index is 10.2. The predicted octanol–water partition coefficient (Wildman–Crippen LogP) is 0.602. The molecular formula is C9H19NO3. The summed E-state index contributed by atoms with van der Waals surface area (Å²) in [4.78, 5) is 10.2. The largest absolute Gasteiger partial charge is 0.481 e. The monoisotopic (exact) mass is 189 g/mol. The Bertz CT molecular complexity index is 139. The van der Waals surface area contributed by atoms with E-state index in [0.717, 1.165) is 19.4 Å². The summed E-state index contributed by atoms with van der Waals surface area (Å²) in [6, 6.07) is 0.245. The van der Waals surface area contributed by atoms with Crippen molar-refractivity contribution in [2.24, 2.45) is 0 Å². The average molecular weight is 189 g/mol. The number of carboxylic acid groups (broad SMARTS) is 1. The maximum Gasteiger partial charge on any atom is 0.303 e. The minimum Gasteiger partial charge on any atom is -0.481 e. The van der Waals surface area contributed by atoms with Crippen LogP contribution in [0.4, 0.5) is 0 Å². The van der Waals surface area contributed by atoms with Gasteiger partial charge in [-0.1, -0.05) is 0 Å². The van der Waals surface area contributed by atoms with Crippen LogP contribution in [0.15, 0.2) is 0 Å². The van der Waals surface area contributed by atoms with Crippen molar-refractivity contribution >= 4 is 5.97 Å². The summed E-state index contributed by atoms with van der Waals surface area (Å²) < 4.78 is 0.